The quantitative estimate of drug-likeness (QED) is 0.300. The first-order valence-corrected chi connectivity index (χ1v) is 12.8. The first-order valence-electron chi connectivity index (χ1n) is 12.8. The Morgan fingerprint density at radius 2 is 1.38 bits per heavy atom. The first-order chi connectivity index (χ1) is 17.7. The van der Waals surface area contributed by atoms with Gasteiger partial charge < -0.3 is 10.0 Å². The molecule has 1 atom stereocenters. The van der Waals surface area contributed by atoms with Crippen molar-refractivity contribution in [1.29, 1.82) is 0 Å². The zero-order valence-corrected chi connectivity index (χ0v) is 21.8. The Morgan fingerprint density at radius 3 is 2.00 bits per heavy atom. The van der Waals surface area contributed by atoms with Crippen LogP contribution >= 0.6 is 0 Å². The largest absolute Gasteiger partial charge is 0.480 e. The van der Waals surface area contributed by atoms with Crippen LogP contribution in [0.2, 0.25) is 0 Å². The van der Waals surface area contributed by atoms with Crippen LogP contribution in [0.25, 0.3) is 0 Å². The molecule has 1 aliphatic carbocycles. The molecule has 0 radical (unpaired) electrons. The van der Waals surface area contributed by atoms with Crippen molar-refractivity contribution in [1.82, 2.24) is 4.90 Å². The van der Waals surface area contributed by atoms with E-state index in [9.17, 15) is 24.3 Å². The molecule has 37 heavy (non-hydrogen) atoms. The highest BCUT2D eigenvalue weighted by Crippen LogP contribution is 2.37. The number of ketones is 2. The molecule has 0 fully saturated rings. The molecule has 3 rings (SSSR count). The van der Waals surface area contributed by atoms with Crippen LogP contribution in [0.5, 0.6) is 0 Å². The van der Waals surface area contributed by atoms with Gasteiger partial charge in [-0.3, -0.25) is 19.2 Å². The maximum atomic E-state index is 13.2. The molecule has 0 aliphatic heterocycles. The van der Waals surface area contributed by atoms with Gasteiger partial charge in [-0.05, 0) is 44.7 Å². The second-order valence-electron chi connectivity index (χ2n) is 9.64. The number of hydrogen-bond donors (Lipinski definition) is 1. The molecule has 0 saturated heterocycles. The monoisotopic (exact) mass is 501 g/mol. The molecule has 0 aromatic heterocycles. The van der Waals surface area contributed by atoms with Gasteiger partial charge in [0.2, 0.25) is 5.91 Å². The lowest BCUT2D eigenvalue weighted by atomic mass is 9.76. The van der Waals surface area contributed by atoms with Crippen molar-refractivity contribution in [3.05, 3.63) is 94.1 Å². The predicted octanol–water partition coefficient (Wildman–Crippen LogP) is 5.64. The number of unbranched alkanes of at least 4 members (excludes halogenated alkanes) is 2. The SMILES string of the molecule is CC1=C(C)C(=O)C(C(CCCCCC(=O)N(CC(=O)O)Cc2ccccc2)c2ccccc2)=C(C)C1=O. The van der Waals surface area contributed by atoms with Gasteiger partial charge in [0.25, 0.3) is 0 Å². The third-order valence-corrected chi connectivity index (χ3v) is 7.06. The van der Waals surface area contributed by atoms with Gasteiger partial charge in [-0.15, -0.1) is 0 Å². The summed E-state index contributed by atoms with van der Waals surface area (Å²) in [5, 5.41) is 9.26. The third kappa shape index (κ3) is 7.13. The summed E-state index contributed by atoms with van der Waals surface area (Å²) < 4.78 is 0. The standard InChI is InChI=1S/C31H35NO5/c1-21-22(2)31(37)29(23(3)30(21)36)26(25-15-9-5-10-16-25)17-11-6-12-18-27(33)32(20-28(34)35)19-24-13-7-4-8-14-24/h4-5,7-10,13-16,26H,6,11-12,17-20H2,1-3H3,(H,34,35). The maximum absolute atomic E-state index is 13.2. The van der Waals surface area contributed by atoms with Crippen molar-refractivity contribution in [2.75, 3.05) is 6.54 Å². The molecule has 0 spiro atoms. The Hall–Kier alpha value is -3.80. The zero-order valence-electron chi connectivity index (χ0n) is 21.8. The summed E-state index contributed by atoms with van der Waals surface area (Å²) in [5.41, 5.74) is 4.00. The summed E-state index contributed by atoms with van der Waals surface area (Å²) in [6, 6.07) is 19.1. The smallest absolute Gasteiger partial charge is 0.323 e. The van der Waals surface area contributed by atoms with Crippen LogP contribution in [0.15, 0.2) is 83.0 Å². The van der Waals surface area contributed by atoms with Gasteiger partial charge in [0.15, 0.2) is 11.6 Å². The summed E-state index contributed by atoms with van der Waals surface area (Å²) in [4.78, 5) is 51.5. The van der Waals surface area contributed by atoms with Gasteiger partial charge in [-0.2, -0.15) is 0 Å². The van der Waals surface area contributed by atoms with E-state index in [-0.39, 0.29) is 42.9 Å². The third-order valence-electron chi connectivity index (χ3n) is 7.06. The van der Waals surface area contributed by atoms with Crippen LogP contribution in [0.4, 0.5) is 0 Å². The lowest BCUT2D eigenvalue weighted by molar-refractivity contribution is -0.145. The second kappa shape index (κ2) is 12.9. The van der Waals surface area contributed by atoms with Gasteiger partial charge in [-0.25, -0.2) is 0 Å². The van der Waals surface area contributed by atoms with E-state index in [1.807, 2.05) is 60.7 Å². The Morgan fingerprint density at radius 1 is 0.784 bits per heavy atom. The fourth-order valence-corrected chi connectivity index (χ4v) is 4.86. The Kier molecular flexibility index (Phi) is 9.72. The molecular weight excluding hydrogens is 466 g/mol. The van der Waals surface area contributed by atoms with Crippen molar-refractivity contribution in [3.63, 3.8) is 0 Å². The fraction of sp³-hybridized carbons (Fsp3) is 0.355. The summed E-state index contributed by atoms with van der Waals surface area (Å²) in [6.07, 6.45) is 3.08. The summed E-state index contributed by atoms with van der Waals surface area (Å²) in [5.74, 6) is -1.56. The summed E-state index contributed by atoms with van der Waals surface area (Å²) in [7, 11) is 0. The average molecular weight is 502 g/mol. The van der Waals surface area contributed by atoms with E-state index in [4.69, 9.17) is 0 Å². The number of hydrogen-bond acceptors (Lipinski definition) is 4. The minimum Gasteiger partial charge on any atom is -0.480 e. The highest BCUT2D eigenvalue weighted by Gasteiger charge is 2.33. The Bertz CT molecular complexity index is 1210. The molecule has 1 amide bonds. The molecule has 194 valence electrons. The predicted molar refractivity (Wildman–Crippen MR) is 143 cm³/mol. The zero-order chi connectivity index (χ0) is 26.9. The minimum absolute atomic E-state index is 0.0659. The number of benzene rings is 2. The van der Waals surface area contributed by atoms with Crippen molar-refractivity contribution in [2.45, 2.75) is 65.3 Å². The molecular formula is C31H35NO5. The molecule has 0 bridgehead atoms. The van der Waals surface area contributed by atoms with E-state index in [2.05, 4.69) is 0 Å². The molecule has 2 aromatic rings. The topological polar surface area (TPSA) is 91.8 Å². The molecule has 6 nitrogen and oxygen atoms in total. The lowest BCUT2D eigenvalue weighted by Gasteiger charge is -2.26. The lowest BCUT2D eigenvalue weighted by Crippen LogP contribution is -2.35. The number of carbonyl (C=O) groups is 4. The summed E-state index contributed by atoms with van der Waals surface area (Å²) in [6.45, 7) is 5.09. The fourth-order valence-electron chi connectivity index (χ4n) is 4.86. The van der Waals surface area contributed by atoms with E-state index in [0.29, 0.717) is 35.1 Å². The molecule has 1 aliphatic rings. The number of amides is 1. The van der Waals surface area contributed by atoms with Crippen LogP contribution < -0.4 is 0 Å². The number of aliphatic carboxylic acids is 1. The molecule has 0 saturated carbocycles. The van der Waals surface area contributed by atoms with Crippen molar-refractivity contribution >= 4 is 23.4 Å². The van der Waals surface area contributed by atoms with Crippen molar-refractivity contribution < 1.29 is 24.3 Å². The van der Waals surface area contributed by atoms with E-state index < -0.39 is 5.97 Å². The maximum Gasteiger partial charge on any atom is 0.323 e. The normalized spacial score (nSPS) is 14.7. The minimum atomic E-state index is -1.04. The van der Waals surface area contributed by atoms with E-state index in [1.165, 1.54) is 4.90 Å². The van der Waals surface area contributed by atoms with E-state index in [0.717, 1.165) is 24.0 Å². The van der Waals surface area contributed by atoms with Gasteiger partial charge in [0.1, 0.15) is 6.54 Å². The number of rotatable bonds is 12. The van der Waals surface area contributed by atoms with E-state index in [1.54, 1.807) is 20.8 Å². The van der Waals surface area contributed by atoms with Gasteiger partial charge in [0.05, 0.1) is 0 Å². The molecule has 0 heterocycles. The highest BCUT2D eigenvalue weighted by atomic mass is 16.4. The van der Waals surface area contributed by atoms with Crippen LogP contribution in [-0.2, 0) is 25.7 Å². The van der Waals surface area contributed by atoms with Crippen LogP contribution in [-0.4, -0.2) is 40.0 Å². The molecule has 2 aromatic carbocycles. The van der Waals surface area contributed by atoms with Gasteiger partial charge in [-0.1, -0.05) is 73.5 Å². The Balaban J connectivity index is 1.64. The van der Waals surface area contributed by atoms with Crippen LogP contribution in [0.1, 0.15) is 69.9 Å². The summed E-state index contributed by atoms with van der Waals surface area (Å²) >= 11 is 0. The van der Waals surface area contributed by atoms with E-state index >= 15 is 0 Å². The van der Waals surface area contributed by atoms with Crippen molar-refractivity contribution in [3.8, 4) is 0 Å². The number of nitrogens with zero attached hydrogens (tertiary/aromatic N) is 1. The molecule has 6 heteroatoms. The van der Waals surface area contributed by atoms with Crippen LogP contribution in [0.3, 0.4) is 0 Å². The second-order valence-corrected chi connectivity index (χ2v) is 9.64. The number of allylic oxidation sites excluding steroid dienone is 4. The first kappa shape index (κ1) is 27.8. The highest BCUT2D eigenvalue weighted by molar-refractivity contribution is 6.25. The van der Waals surface area contributed by atoms with Gasteiger partial charge >= 0.3 is 5.97 Å². The number of carbonyl (C=O) groups excluding carboxylic acids is 3. The molecule has 1 N–H and O–H groups in total. The number of carboxylic acids is 1. The molecule has 1 unspecified atom stereocenters. The Labute approximate surface area is 218 Å². The van der Waals surface area contributed by atoms with Crippen LogP contribution in [0, 0.1) is 0 Å². The number of Topliss-reactive ketones (excluding diaryl/α,β-unsaturated/α-hetero) is 2. The van der Waals surface area contributed by atoms with Crippen molar-refractivity contribution in [2.24, 2.45) is 0 Å². The van der Waals surface area contributed by atoms with Gasteiger partial charge in [0, 0.05) is 41.2 Å². The number of carboxylic acid groups (broad SMARTS) is 1. The average Bonchev–Trinajstić information content (AvgIpc) is 2.90.